The molecule has 1 aliphatic carbocycles. The van der Waals surface area contributed by atoms with Crippen LogP contribution in [-0.4, -0.2) is 46.4 Å². The Labute approximate surface area is 143 Å². The molecule has 0 unspecified atom stereocenters. The van der Waals surface area contributed by atoms with E-state index in [9.17, 15) is 18.4 Å². The zero-order valence-electron chi connectivity index (χ0n) is 13.9. The van der Waals surface area contributed by atoms with E-state index in [2.05, 4.69) is 15.5 Å². The fraction of sp³-hybridized carbons (Fsp3) is 0.625. The van der Waals surface area contributed by atoms with Crippen molar-refractivity contribution in [1.29, 1.82) is 0 Å². The molecule has 1 aromatic heterocycles. The molecule has 2 heterocycles. The number of amides is 2. The van der Waals surface area contributed by atoms with Gasteiger partial charge in [-0.25, -0.2) is 8.78 Å². The van der Waals surface area contributed by atoms with Gasteiger partial charge in [-0.15, -0.1) is 0 Å². The minimum atomic E-state index is -3.02. The number of rotatable bonds is 4. The van der Waals surface area contributed by atoms with E-state index in [-0.39, 0.29) is 24.0 Å². The van der Waals surface area contributed by atoms with Crippen molar-refractivity contribution in [3.63, 3.8) is 0 Å². The lowest BCUT2D eigenvalue weighted by atomic mass is 9.97. The molecule has 2 aliphatic rings. The van der Waals surface area contributed by atoms with Gasteiger partial charge in [0.15, 0.2) is 0 Å². The van der Waals surface area contributed by atoms with Crippen LogP contribution in [-0.2, 0) is 4.79 Å². The number of nitrogens with one attached hydrogen (secondary N) is 1. The molecule has 136 valence electrons. The maximum absolute atomic E-state index is 13.9. The van der Waals surface area contributed by atoms with Crippen molar-refractivity contribution < 1.29 is 22.9 Å². The summed E-state index contributed by atoms with van der Waals surface area (Å²) in [6, 6.07) is -1.02. The molecule has 1 atom stereocenters. The van der Waals surface area contributed by atoms with Crippen LogP contribution in [0.1, 0.15) is 61.1 Å². The minimum absolute atomic E-state index is 0.128. The number of allylic oxidation sites excluding steroid dienone is 1. The molecule has 1 N–H and O–H groups in total. The third kappa shape index (κ3) is 3.85. The lowest BCUT2D eigenvalue weighted by molar-refractivity contribution is -0.133. The number of carbonyl (C=O) groups excluding carboxylic acids is 2. The van der Waals surface area contributed by atoms with Crippen LogP contribution in [0.25, 0.3) is 0 Å². The maximum Gasteiger partial charge on any atom is 0.292 e. The molecule has 1 saturated heterocycles. The largest absolute Gasteiger partial charge is 0.352 e. The van der Waals surface area contributed by atoms with Crippen LogP contribution in [0, 0.1) is 0 Å². The summed E-state index contributed by atoms with van der Waals surface area (Å²) in [4.78, 5) is 29.0. The Morgan fingerprint density at radius 1 is 1.44 bits per heavy atom. The summed E-state index contributed by atoms with van der Waals surface area (Å²) in [6.07, 6.45) is 5.39. The summed E-state index contributed by atoms with van der Waals surface area (Å²) < 4.78 is 32.8. The smallest absolute Gasteiger partial charge is 0.292 e. The highest BCUT2D eigenvalue weighted by Crippen LogP contribution is 2.41. The zero-order chi connectivity index (χ0) is 18.0. The third-order valence-corrected chi connectivity index (χ3v) is 4.51. The molecule has 0 bridgehead atoms. The van der Waals surface area contributed by atoms with E-state index in [1.165, 1.54) is 7.05 Å². The highest BCUT2D eigenvalue weighted by molar-refractivity contribution is 5.89. The van der Waals surface area contributed by atoms with Crippen molar-refractivity contribution in [1.82, 2.24) is 20.4 Å². The zero-order valence-corrected chi connectivity index (χ0v) is 13.9. The maximum atomic E-state index is 13.9. The van der Waals surface area contributed by atoms with Crippen molar-refractivity contribution in [3.05, 3.63) is 23.4 Å². The van der Waals surface area contributed by atoms with Crippen LogP contribution >= 0.6 is 0 Å². The lowest BCUT2D eigenvalue weighted by Crippen LogP contribution is -2.33. The first-order valence-corrected chi connectivity index (χ1v) is 8.30. The Morgan fingerprint density at radius 2 is 2.24 bits per heavy atom. The lowest BCUT2D eigenvalue weighted by Gasteiger charge is -2.22. The van der Waals surface area contributed by atoms with Gasteiger partial charge < -0.3 is 14.7 Å². The van der Waals surface area contributed by atoms with Gasteiger partial charge in [-0.05, 0) is 25.7 Å². The van der Waals surface area contributed by atoms with E-state index in [0.717, 1.165) is 36.2 Å². The average molecular weight is 354 g/mol. The van der Waals surface area contributed by atoms with Crippen LogP contribution in [0.4, 0.5) is 8.78 Å². The molecular weight excluding hydrogens is 334 g/mol. The molecule has 2 amide bonds. The molecule has 0 saturated carbocycles. The highest BCUT2D eigenvalue weighted by Gasteiger charge is 2.49. The van der Waals surface area contributed by atoms with Gasteiger partial charge in [0.05, 0.1) is 6.54 Å². The van der Waals surface area contributed by atoms with Crippen LogP contribution in [0.3, 0.4) is 0 Å². The van der Waals surface area contributed by atoms with E-state index in [1.54, 1.807) is 0 Å². The van der Waals surface area contributed by atoms with Crippen molar-refractivity contribution in [3.8, 4) is 0 Å². The molecule has 25 heavy (non-hydrogen) atoms. The van der Waals surface area contributed by atoms with Crippen LogP contribution < -0.4 is 5.32 Å². The Kier molecular flexibility index (Phi) is 4.82. The van der Waals surface area contributed by atoms with Gasteiger partial charge in [-0.3, -0.25) is 9.59 Å². The number of hydrogen-bond donors (Lipinski definition) is 1. The molecular formula is C16H20F2N4O3. The Hall–Kier alpha value is -2.32. The number of aromatic nitrogens is 2. The summed E-state index contributed by atoms with van der Waals surface area (Å²) in [5.41, 5.74) is 0.988. The minimum Gasteiger partial charge on any atom is -0.352 e. The van der Waals surface area contributed by atoms with E-state index < -0.39 is 30.8 Å². The fourth-order valence-electron chi connectivity index (χ4n) is 3.24. The number of nitrogens with zero attached hydrogens (tertiary/aromatic N) is 3. The van der Waals surface area contributed by atoms with Crippen molar-refractivity contribution in [2.75, 3.05) is 13.6 Å². The van der Waals surface area contributed by atoms with Gasteiger partial charge in [0.1, 0.15) is 6.04 Å². The van der Waals surface area contributed by atoms with Crippen LogP contribution in [0.15, 0.2) is 16.2 Å². The first-order valence-electron chi connectivity index (χ1n) is 8.30. The molecule has 1 fully saturated rings. The summed E-state index contributed by atoms with van der Waals surface area (Å²) in [7, 11) is 1.40. The molecule has 1 aliphatic heterocycles. The quantitative estimate of drug-likeness (QED) is 0.838. The van der Waals surface area contributed by atoms with E-state index in [0.29, 0.717) is 0 Å². The second-order valence-corrected chi connectivity index (χ2v) is 6.42. The number of likely N-dealkylation sites (tertiary alicyclic amines) is 1. The van der Waals surface area contributed by atoms with Gasteiger partial charge in [0.2, 0.25) is 11.8 Å². The topological polar surface area (TPSA) is 88.3 Å². The molecule has 0 spiro atoms. The SMILES string of the molecule is CNC(=O)c1noc([C@@H]2CC(F)(F)CN2C(=O)CC2=CCCCC2)n1. The Morgan fingerprint density at radius 3 is 2.92 bits per heavy atom. The van der Waals surface area contributed by atoms with Crippen molar-refractivity contribution in [2.45, 2.75) is 50.5 Å². The second-order valence-electron chi connectivity index (χ2n) is 6.42. The molecule has 0 aromatic carbocycles. The Balaban J connectivity index is 1.78. The summed E-state index contributed by atoms with van der Waals surface area (Å²) >= 11 is 0. The van der Waals surface area contributed by atoms with Gasteiger partial charge in [0, 0.05) is 19.9 Å². The van der Waals surface area contributed by atoms with E-state index in [4.69, 9.17) is 4.52 Å². The average Bonchev–Trinajstić information content (AvgIpc) is 3.19. The third-order valence-electron chi connectivity index (χ3n) is 4.51. The normalized spacial score (nSPS) is 22.6. The van der Waals surface area contributed by atoms with Crippen molar-refractivity contribution in [2.24, 2.45) is 0 Å². The number of halogens is 2. The molecule has 0 radical (unpaired) electrons. The molecule has 9 heteroatoms. The summed E-state index contributed by atoms with van der Waals surface area (Å²) in [5, 5.41) is 5.83. The predicted octanol–water partition coefficient (Wildman–Crippen LogP) is 2.23. The van der Waals surface area contributed by atoms with Gasteiger partial charge in [0.25, 0.3) is 17.7 Å². The number of hydrogen-bond acceptors (Lipinski definition) is 5. The van der Waals surface area contributed by atoms with E-state index in [1.807, 2.05) is 6.08 Å². The summed E-state index contributed by atoms with van der Waals surface area (Å²) in [6.45, 7) is -0.679. The standard InChI is InChI=1S/C16H20F2N4O3/c1-19-14(24)13-20-15(25-21-13)11-8-16(17,18)9-22(11)12(23)7-10-5-3-2-4-6-10/h5,11H,2-4,6-9H2,1H3,(H,19,24)/t11-/m0/s1. The molecule has 3 rings (SSSR count). The molecule has 7 nitrogen and oxygen atoms in total. The fourth-order valence-corrected chi connectivity index (χ4v) is 3.24. The second kappa shape index (κ2) is 6.89. The predicted molar refractivity (Wildman–Crippen MR) is 82.9 cm³/mol. The Bertz CT molecular complexity index is 701. The number of alkyl halides is 2. The van der Waals surface area contributed by atoms with Crippen LogP contribution in [0.5, 0.6) is 0 Å². The monoisotopic (exact) mass is 354 g/mol. The van der Waals surface area contributed by atoms with E-state index >= 15 is 0 Å². The first-order chi connectivity index (χ1) is 11.9. The van der Waals surface area contributed by atoms with Crippen LogP contribution in [0.2, 0.25) is 0 Å². The van der Waals surface area contributed by atoms with Gasteiger partial charge >= 0.3 is 0 Å². The first kappa shape index (κ1) is 17.5. The summed E-state index contributed by atoms with van der Waals surface area (Å²) in [5.74, 6) is -4.36. The van der Waals surface area contributed by atoms with Crippen molar-refractivity contribution >= 4 is 11.8 Å². The molecule has 1 aromatic rings. The van der Waals surface area contributed by atoms with Gasteiger partial charge in [-0.2, -0.15) is 4.98 Å². The number of carbonyl (C=O) groups is 2. The highest BCUT2D eigenvalue weighted by atomic mass is 19.3. The van der Waals surface area contributed by atoms with Gasteiger partial charge in [-0.1, -0.05) is 16.8 Å².